The van der Waals surface area contributed by atoms with Crippen LogP contribution in [0.2, 0.25) is 5.02 Å². The number of aromatic nitrogens is 1. The highest BCUT2D eigenvalue weighted by molar-refractivity contribution is 7.23. The van der Waals surface area contributed by atoms with Gasteiger partial charge in [0.05, 0.1) is 39.6 Å². The zero-order valence-corrected chi connectivity index (χ0v) is 26.4. The molecule has 44 heavy (non-hydrogen) atoms. The molecule has 2 aromatic heterocycles. The van der Waals surface area contributed by atoms with Crippen LogP contribution in [0.3, 0.4) is 0 Å². The molecule has 0 aliphatic carbocycles. The molecule has 2 saturated heterocycles. The van der Waals surface area contributed by atoms with Gasteiger partial charge in [0.2, 0.25) is 5.88 Å². The molecule has 11 heteroatoms. The van der Waals surface area contributed by atoms with Crippen molar-refractivity contribution in [1.29, 1.82) is 5.26 Å². The van der Waals surface area contributed by atoms with Crippen molar-refractivity contribution >= 4 is 55.0 Å². The van der Waals surface area contributed by atoms with Crippen molar-refractivity contribution in [2.24, 2.45) is 0 Å². The van der Waals surface area contributed by atoms with Crippen LogP contribution < -0.4 is 10.1 Å². The van der Waals surface area contributed by atoms with Crippen molar-refractivity contribution in [2.75, 3.05) is 25.0 Å². The average molecular weight is 635 g/mol. The molecule has 0 spiro atoms. The number of anilines is 1. The average Bonchev–Trinajstić information content (AvgIpc) is 3.75. The number of hydrogen-bond donors (Lipinski definition) is 1. The Labute approximate surface area is 263 Å². The predicted molar refractivity (Wildman–Crippen MR) is 169 cm³/mol. The number of ether oxygens (including phenoxy) is 3. The van der Waals surface area contributed by atoms with Crippen molar-refractivity contribution in [1.82, 2.24) is 9.88 Å². The molecule has 0 radical (unpaired) electrons. The van der Waals surface area contributed by atoms with E-state index in [0.29, 0.717) is 52.8 Å². The number of halogens is 2. The topological polar surface area (TPSA) is 96.7 Å². The fraction of sp³-hybridized carbons (Fsp3) is 0.424. The Balaban J connectivity index is 1.34. The number of benzene rings is 2. The number of amides is 1. The maximum atomic E-state index is 15.3. The second-order valence-corrected chi connectivity index (χ2v) is 14.1. The summed E-state index contributed by atoms with van der Waals surface area (Å²) < 4.78 is 33.1. The largest absolute Gasteiger partial charge is 0.476 e. The maximum Gasteiger partial charge on any atom is 0.412 e. The summed E-state index contributed by atoms with van der Waals surface area (Å²) in [6.07, 6.45) is 3.90. The Hall–Kier alpha value is -3.49. The Morgan fingerprint density at radius 2 is 1.95 bits per heavy atom. The van der Waals surface area contributed by atoms with E-state index >= 15 is 4.39 Å². The van der Waals surface area contributed by atoms with Crippen LogP contribution in [0.15, 0.2) is 24.3 Å². The SMILES string of the molecule is CC(C)(C)OC(=O)Nc1sc2c(F)ccc(-c3c4c(c5ccc(OCC67CCCN6CCC7)nc5c3Cl)COC4)c2c1C#N. The molecule has 1 amide bonds. The quantitative estimate of drug-likeness (QED) is 0.236. The Kier molecular flexibility index (Phi) is 7.20. The smallest absolute Gasteiger partial charge is 0.412 e. The van der Waals surface area contributed by atoms with Crippen LogP contribution in [0.25, 0.3) is 32.1 Å². The number of nitriles is 1. The molecule has 4 aromatic rings. The molecule has 0 atom stereocenters. The zero-order chi connectivity index (χ0) is 30.8. The highest BCUT2D eigenvalue weighted by atomic mass is 35.5. The number of hydrogen-bond acceptors (Lipinski definition) is 8. The summed E-state index contributed by atoms with van der Waals surface area (Å²) in [5.74, 6) is -0.00737. The summed E-state index contributed by atoms with van der Waals surface area (Å²) in [5.41, 5.74) is 3.06. The lowest BCUT2D eigenvalue weighted by Crippen LogP contribution is -2.43. The lowest BCUT2D eigenvalue weighted by Gasteiger charge is -2.31. The number of carbonyl (C=O) groups excluding carboxylic acids is 1. The van der Waals surface area contributed by atoms with Gasteiger partial charge < -0.3 is 14.2 Å². The highest BCUT2D eigenvalue weighted by Gasteiger charge is 2.45. The van der Waals surface area contributed by atoms with Gasteiger partial charge in [-0.25, -0.2) is 14.2 Å². The molecule has 0 unspecified atom stereocenters. The lowest BCUT2D eigenvalue weighted by molar-refractivity contribution is 0.0636. The lowest BCUT2D eigenvalue weighted by atomic mass is 9.91. The summed E-state index contributed by atoms with van der Waals surface area (Å²) in [7, 11) is 0. The van der Waals surface area contributed by atoms with Gasteiger partial charge in [0.15, 0.2) is 0 Å². The third-order valence-electron chi connectivity index (χ3n) is 8.87. The third kappa shape index (κ3) is 4.87. The van der Waals surface area contributed by atoms with Crippen LogP contribution in [-0.4, -0.2) is 46.8 Å². The van der Waals surface area contributed by atoms with Crippen molar-refractivity contribution in [3.63, 3.8) is 0 Å². The standard InChI is InChI=1S/C33H32ClFN4O4S/c1-32(2,3)43-31(40)38-30-20(14-36)26-19(6-8-23(35)29(26)44-30)25-22-16-41-15-21(22)18-7-9-24(37-28(18)27(25)34)42-17-33-10-4-12-39(33)13-5-11-33/h6-9H,4-5,10-13,15-17H2,1-3H3,(H,38,40). The molecule has 3 aliphatic rings. The van der Waals surface area contributed by atoms with Gasteiger partial charge >= 0.3 is 6.09 Å². The normalized spacial score (nSPS) is 17.5. The van der Waals surface area contributed by atoms with Crippen molar-refractivity contribution in [3.05, 3.63) is 51.8 Å². The van der Waals surface area contributed by atoms with E-state index in [4.69, 9.17) is 30.8 Å². The number of thiophene rings is 1. The van der Waals surface area contributed by atoms with Crippen molar-refractivity contribution < 1.29 is 23.4 Å². The maximum absolute atomic E-state index is 15.3. The molecule has 8 nitrogen and oxygen atoms in total. The first-order valence-corrected chi connectivity index (χ1v) is 16.0. The molecule has 5 heterocycles. The number of nitrogens with one attached hydrogen (secondary N) is 1. The van der Waals surface area contributed by atoms with Crippen LogP contribution in [0.4, 0.5) is 14.2 Å². The van der Waals surface area contributed by atoms with Gasteiger partial charge in [-0.05, 0) is 88.4 Å². The van der Waals surface area contributed by atoms with E-state index in [1.807, 2.05) is 12.1 Å². The van der Waals surface area contributed by atoms with E-state index in [1.165, 1.54) is 18.9 Å². The molecule has 228 valence electrons. The fourth-order valence-corrected chi connectivity index (χ4v) is 8.43. The van der Waals surface area contributed by atoms with Crippen LogP contribution in [0.5, 0.6) is 5.88 Å². The minimum Gasteiger partial charge on any atom is -0.476 e. The number of pyridine rings is 1. The third-order valence-corrected chi connectivity index (χ3v) is 10.3. The van der Waals surface area contributed by atoms with Crippen LogP contribution in [-0.2, 0) is 22.7 Å². The molecule has 7 rings (SSSR count). The Morgan fingerprint density at radius 3 is 2.68 bits per heavy atom. The molecule has 0 bridgehead atoms. The first kappa shape index (κ1) is 29.2. The Morgan fingerprint density at radius 1 is 1.20 bits per heavy atom. The van der Waals surface area contributed by atoms with E-state index in [0.717, 1.165) is 53.8 Å². The van der Waals surface area contributed by atoms with Gasteiger partial charge in [0, 0.05) is 22.4 Å². The van der Waals surface area contributed by atoms with Gasteiger partial charge in [0.1, 0.15) is 29.1 Å². The molecule has 2 aromatic carbocycles. The summed E-state index contributed by atoms with van der Waals surface area (Å²) in [6, 6.07) is 9.03. The summed E-state index contributed by atoms with van der Waals surface area (Å²) in [6.45, 7) is 8.73. The summed E-state index contributed by atoms with van der Waals surface area (Å²) in [4.78, 5) is 20.0. The monoisotopic (exact) mass is 634 g/mol. The van der Waals surface area contributed by atoms with E-state index in [1.54, 1.807) is 26.8 Å². The first-order chi connectivity index (χ1) is 21.1. The van der Waals surface area contributed by atoms with Gasteiger partial charge in [-0.15, -0.1) is 11.3 Å². The number of fused-ring (bicyclic) bond motifs is 5. The summed E-state index contributed by atoms with van der Waals surface area (Å²) >= 11 is 8.19. The van der Waals surface area contributed by atoms with Crippen molar-refractivity contribution in [3.8, 4) is 23.1 Å². The predicted octanol–water partition coefficient (Wildman–Crippen LogP) is 8.17. The van der Waals surface area contributed by atoms with Gasteiger partial charge in [-0.3, -0.25) is 10.2 Å². The second kappa shape index (κ2) is 10.8. The highest BCUT2D eigenvalue weighted by Crippen LogP contribution is 2.49. The Bertz CT molecular complexity index is 1870. The molecule has 3 aliphatic heterocycles. The molecular weight excluding hydrogens is 603 g/mol. The number of rotatable bonds is 5. The second-order valence-electron chi connectivity index (χ2n) is 12.7. The van der Waals surface area contributed by atoms with Gasteiger partial charge in [-0.2, -0.15) is 5.26 Å². The van der Waals surface area contributed by atoms with Gasteiger partial charge in [0.25, 0.3) is 0 Å². The van der Waals surface area contributed by atoms with Gasteiger partial charge in [-0.1, -0.05) is 17.7 Å². The molecular formula is C33H32ClFN4O4S. The molecule has 0 saturated carbocycles. The zero-order valence-electron chi connectivity index (χ0n) is 24.8. The number of nitrogens with zero attached hydrogens (tertiary/aromatic N) is 3. The van der Waals surface area contributed by atoms with Crippen LogP contribution in [0.1, 0.15) is 63.1 Å². The minimum absolute atomic E-state index is 0.0782. The summed E-state index contributed by atoms with van der Waals surface area (Å²) in [5, 5.41) is 14.7. The van der Waals surface area contributed by atoms with E-state index < -0.39 is 17.5 Å². The number of carbonyl (C=O) groups is 1. The van der Waals surface area contributed by atoms with Crippen molar-refractivity contribution in [2.45, 2.75) is 70.8 Å². The van der Waals surface area contributed by atoms with E-state index in [9.17, 15) is 10.1 Å². The van der Waals surface area contributed by atoms with Crippen LogP contribution >= 0.6 is 22.9 Å². The molecule has 2 fully saturated rings. The van der Waals surface area contributed by atoms with E-state index in [2.05, 4.69) is 16.3 Å². The minimum atomic E-state index is -0.744. The van der Waals surface area contributed by atoms with E-state index in [-0.39, 0.29) is 20.8 Å². The first-order valence-electron chi connectivity index (χ1n) is 14.8. The van der Waals surface area contributed by atoms with Crippen LogP contribution in [0, 0.1) is 17.1 Å². The molecule has 1 N–H and O–H groups in total. The fourth-order valence-electron chi connectivity index (χ4n) is 7.00.